The molecular weight excluding hydrogens is 497 g/mol. The summed E-state index contributed by atoms with van der Waals surface area (Å²) in [6.07, 6.45) is 4.75. The molecule has 1 N–H and O–H groups in total. The van der Waals surface area contributed by atoms with E-state index < -0.39 is 39.3 Å². The first-order valence-electron chi connectivity index (χ1n) is 11.8. The molecule has 190 valence electrons. The number of hydrogen-bond acceptors (Lipinski definition) is 6. The van der Waals surface area contributed by atoms with Gasteiger partial charge in [0.2, 0.25) is 10.0 Å². The van der Waals surface area contributed by atoms with Crippen molar-refractivity contribution < 1.29 is 27.5 Å². The lowest BCUT2D eigenvalue weighted by Crippen LogP contribution is -2.29. The maximum absolute atomic E-state index is 13.7. The van der Waals surface area contributed by atoms with Gasteiger partial charge in [-0.3, -0.25) is 14.6 Å². The standard InChI is InChI=1S/C27H24FN3O5S/c28-21-7-3-19(4-8-21)24-23(26(33)27(34)31(24)17-18-11-13-29-14-12-18)25(32)20-5-9-22(10-6-20)37(35,36)30-15-1-2-16-30/h3-14,24,32H,1-2,15-17H2. The minimum atomic E-state index is -3.66. The van der Waals surface area contributed by atoms with Crippen molar-refractivity contribution in [2.75, 3.05) is 13.1 Å². The molecule has 3 heterocycles. The van der Waals surface area contributed by atoms with Crippen LogP contribution < -0.4 is 0 Å². The second-order valence-electron chi connectivity index (χ2n) is 8.97. The predicted molar refractivity (Wildman–Crippen MR) is 133 cm³/mol. The van der Waals surface area contributed by atoms with Gasteiger partial charge in [-0.1, -0.05) is 12.1 Å². The molecule has 1 aromatic heterocycles. The number of ketones is 1. The van der Waals surface area contributed by atoms with E-state index in [0.717, 1.165) is 18.4 Å². The quantitative estimate of drug-likeness (QED) is 0.302. The Balaban J connectivity index is 1.56. The van der Waals surface area contributed by atoms with Crippen molar-refractivity contribution in [3.63, 3.8) is 0 Å². The Morgan fingerprint density at radius 1 is 0.946 bits per heavy atom. The number of aromatic nitrogens is 1. The number of nitrogens with zero attached hydrogens (tertiary/aromatic N) is 3. The third-order valence-corrected chi connectivity index (χ3v) is 8.57. The van der Waals surface area contributed by atoms with Crippen LogP contribution in [0.1, 0.15) is 35.6 Å². The molecule has 0 aliphatic carbocycles. The number of halogens is 1. The van der Waals surface area contributed by atoms with Crippen molar-refractivity contribution in [2.45, 2.75) is 30.3 Å². The van der Waals surface area contributed by atoms with E-state index in [2.05, 4.69) is 4.98 Å². The van der Waals surface area contributed by atoms with E-state index in [1.165, 1.54) is 57.7 Å². The third kappa shape index (κ3) is 4.65. The number of carbonyl (C=O) groups is 2. The Bertz CT molecular complexity index is 1470. The van der Waals surface area contributed by atoms with Crippen LogP contribution in [0.3, 0.4) is 0 Å². The van der Waals surface area contributed by atoms with Crippen LogP contribution in [0.15, 0.2) is 83.5 Å². The lowest BCUT2D eigenvalue weighted by Gasteiger charge is -2.25. The zero-order valence-corrected chi connectivity index (χ0v) is 20.6. The van der Waals surface area contributed by atoms with Crippen LogP contribution in [-0.2, 0) is 26.2 Å². The number of likely N-dealkylation sites (tertiary alicyclic amines) is 1. The molecule has 1 atom stereocenters. The molecule has 1 amide bonds. The number of carbonyl (C=O) groups excluding carboxylic acids is 2. The van der Waals surface area contributed by atoms with Gasteiger partial charge in [-0.2, -0.15) is 4.31 Å². The molecule has 0 radical (unpaired) electrons. The van der Waals surface area contributed by atoms with E-state index in [9.17, 15) is 27.5 Å². The number of benzene rings is 2. The Kier molecular flexibility index (Phi) is 6.61. The van der Waals surface area contributed by atoms with E-state index >= 15 is 0 Å². The van der Waals surface area contributed by atoms with Gasteiger partial charge in [-0.25, -0.2) is 12.8 Å². The Morgan fingerprint density at radius 3 is 2.19 bits per heavy atom. The maximum Gasteiger partial charge on any atom is 0.295 e. The molecule has 2 fully saturated rings. The zero-order chi connectivity index (χ0) is 26.2. The van der Waals surface area contributed by atoms with Gasteiger partial charge in [0.05, 0.1) is 16.5 Å². The van der Waals surface area contributed by atoms with Crippen molar-refractivity contribution in [1.29, 1.82) is 0 Å². The Hall–Kier alpha value is -3.89. The second-order valence-corrected chi connectivity index (χ2v) is 10.9. The largest absolute Gasteiger partial charge is 0.507 e. The molecule has 5 rings (SSSR count). The van der Waals surface area contributed by atoms with Gasteiger partial charge in [0.1, 0.15) is 11.6 Å². The number of sulfonamides is 1. The molecule has 0 bridgehead atoms. The predicted octanol–water partition coefficient (Wildman–Crippen LogP) is 3.63. The SMILES string of the molecule is O=C1C(=O)N(Cc2ccncc2)C(c2ccc(F)cc2)C1=C(O)c1ccc(S(=O)(=O)N2CCCC2)cc1. The summed E-state index contributed by atoms with van der Waals surface area (Å²) in [4.78, 5) is 31.6. The Labute approximate surface area is 213 Å². The number of amides is 1. The highest BCUT2D eigenvalue weighted by molar-refractivity contribution is 7.89. The number of Topliss-reactive ketones (excluding diaryl/α,β-unsaturated/α-hetero) is 1. The Morgan fingerprint density at radius 2 is 1.57 bits per heavy atom. The van der Waals surface area contributed by atoms with Crippen molar-refractivity contribution in [2.24, 2.45) is 0 Å². The van der Waals surface area contributed by atoms with Crippen LogP contribution in [0.2, 0.25) is 0 Å². The average Bonchev–Trinajstić information content (AvgIpc) is 3.54. The van der Waals surface area contributed by atoms with Crippen LogP contribution in [0.4, 0.5) is 4.39 Å². The van der Waals surface area contributed by atoms with Gasteiger partial charge >= 0.3 is 0 Å². The number of aliphatic hydroxyl groups excluding tert-OH is 1. The summed E-state index contributed by atoms with van der Waals surface area (Å²) in [6.45, 7) is 0.990. The second kappa shape index (κ2) is 9.87. The van der Waals surface area contributed by atoms with E-state index in [-0.39, 0.29) is 22.6 Å². The smallest absolute Gasteiger partial charge is 0.295 e. The monoisotopic (exact) mass is 521 g/mol. The van der Waals surface area contributed by atoms with Crippen LogP contribution in [-0.4, -0.2) is 52.5 Å². The first-order chi connectivity index (χ1) is 17.8. The van der Waals surface area contributed by atoms with E-state index in [4.69, 9.17) is 0 Å². The molecule has 0 saturated carbocycles. The molecular formula is C27H24FN3O5S. The van der Waals surface area contributed by atoms with Crippen molar-refractivity contribution >= 4 is 27.5 Å². The first-order valence-corrected chi connectivity index (χ1v) is 13.2. The van der Waals surface area contributed by atoms with Crippen LogP contribution >= 0.6 is 0 Å². The van der Waals surface area contributed by atoms with Gasteiger partial charge in [-0.15, -0.1) is 0 Å². The molecule has 2 saturated heterocycles. The number of rotatable bonds is 6. The fraction of sp³-hybridized carbons (Fsp3) is 0.222. The molecule has 1 unspecified atom stereocenters. The maximum atomic E-state index is 13.7. The van der Waals surface area contributed by atoms with Crippen LogP contribution in [0.5, 0.6) is 0 Å². The summed E-state index contributed by atoms with van der Waals surface area (Å²) in [5.41, 5.74) is 1.21. The number of aliphatic hydroxyl groups is 1. The molecule has 37 heavy (non-hydrogen) atoms. The lowest BCUT2D eigenvalue weighted by molar-refractivity contribution is -0.140. The molecule has 2 aliphatic heterocycles. The van der Waals surface area contributed by atoms with Gasteiger partial charge in [0.25, 0.3) is 11.7 Å². The summed E-state index contributed by atoms with van der Waals surface area (Å²) in [7, 11) is -3.66. The average molecular weight is 522 g/mol. The number of pyridine rings is 1. The third-order valence-electron chi connectivity index (χ3n) is 6.66. The van der Waals surface area contributed by atoms with E-state index in [0.29, 0.717) is 18.7 Å². The van der Waals surface area contributed by atoms with Gasteiger partial charge in [0.15, 0.2) is 0 Å². The van der Waals surface area contributed by atoms with Crippen LogP contribution in [0.25, 0.3) is 5.76 Å². The summed E-state index contributed by atoms with van der Waals surface area (Å²) in [5.74, 6) is -2.60. The minimum absolute atomic E-state index is 0.0684. The summed E-state index contributed by atoms with van der Waals surface area (Å²) >= 11 is 0. The molecule has 0 spiro atoms. The summed E-state index contributed by atoms with van der Waals surface area (Å²) in [5, 5.41) is 11.2. The van der Waals surface area contributed by atoms with Gasteiger partial charge in [0, 0.05) is 37.6 Å². The lowest BCUT2D eigenvalue weighted by atomic mass is 9.95. The molecule has 2 aromatic carbocycles. The van der Waals surface area contributed by atoms with E-state index in [1.54, 1.807) is 24.5 Å². The normalized spacial score (nSPS) is 20.0. The van der Waals surface area contributed by atoms with Crippen molar-refractivity contribution in [3.8, 4) is 0 Å². The highest BCUT2D eigenvalue weighted by atomic mass is 32.2. The molecule has 10 heteroatoms. The topological polar surface area (TPSA) is 108 Å². The first kappa shape index (κ1) is 24.8. The van der Waals surface area contributed by atoms with Crippen molar-refractivity contribution in [1.82, 2.24) is 14.2 Å². The number of hydrogen-bond donors (Lipinski definition) is 1. The van der Waals surface area contributed by atoms with E-state index in [1.807, 2.05) is 0 Å². The van der Waals surface area contributed by atoms with Crippen molar-refractivity contribution in [3.05, 3.63) is 101 Å². The summed E-state index contributed by atoms with van der Waals surface area (Å²) in [6, 6.07) is 13.4. The van der Waals surface area contributed by atoms with Gasteiger partial charge < -0.3 is 10.0 Å². The molecule has 2 aliphatic rings. The minimum Gasteiger partial charge on any atom is -0.507 e. The van der Waals surface area contributed by atoms with Gasteiger partial charge in [-0.05, 0) is 72.5 Å². The highest BCUT2D eigenvalue weighted by Gasteiger charge is 2.46. The molecule has 3 aromatic rings. The highest BCUT2D eigenvalue weighted by Crippen LogP contribution is 2.40. The zero-order valence-electron chi connectivity index (χ0n) is 19.7. The fourth-order valence-electron chi connectivity index (χ4n) is 4.74. The summed E-state index contributed by atoms with van der Waals surface area (Å²) < 4.78 is 40.8. The molecule has 8 nitrogen and oxygen atoms in total. The van der Waals surface area contributed by atoms with Crippen LogP contribution in [0, 0.1) is 5.82 Å². The fourth-order valence-corrected chi connectivity index (χ4v) is 6.25.